The molecule has 0 N–H and O–H groups in total. The van der Waals surface area contributed by atoms with Crippen molar-refractivity contribution in [2.75, 3.05) is 7.11 Å². The van der Waals surface area contributed by atoms with Crippen LogP contribution in [0.25, 0.3) is 10.1 Å². The zero-order chi connectivity index (χ0) is 8.55. The highest BCUT2D eigenvalue weighted by molar-refractivity contribution is 7.17. The van der Waals surface area contributed by atoms with Gasteiger partial charge in [-0.25, -0.2) is 0 Å². The van der Waals surface area contributed by atoms with Gasteiger partial charge in [0.15, 0.2) is 0 Å². The Morgan fingerprint density at radius 1 is 1.42 bits per heavy atom. The van der Waals surface area contributed by atoms with E-state index in [-0.39, 0.29) is 0 Å². The van der Waals surface area contributed by atoms with Crippen LogP contribution in [0.5, 0.6) is 5.75 Å². The summed E-state index contributed by atoms with van der Waals surface area (Å²) in [6, 6.07) is 5.80. The summed E-state index contributed by atoms with van der Waals surface area (Å²) in [5.41, 5.74) is 0. The molecule has 62 valence electrons. The summed E-state index contributed by atoms with van der Waals surface area (Å²) < 4.78 is 6.34. The highest BCUT2D eigenvalue weighted by Crippen LogP contribution is 2.33. The van der Waals surface area contributed by atoms with Gasteiger partial charge in [0, 0.05) is 20.5 Å². The lowest BCUT2D eigenvalue weighted by molar-refractivity contribution is 0.421. The zero-order valence-electron chi connectivity index (χ0n) is 6.50. The predicted octanol–water partition coefficient (Wildman–Crippen LogP) is 3.56. The van der Waals surface area contributed by atoms with Gasteiger partial charge in [-0.3, -0.25) is 0 Å². The van der Waals surface area contributed by atoms with Crippen LogP contribution in [0.4, 0.5) is 0 Å². The fraction of sp³-hybridized carbons (Fsp3) is 0.111. The number of fused-ring (bicyclic) bond motifs is 1. The molecule has 0 atom stereocenters. The van der Waals surface area contributed by atoms with E-state index in [2.05, 4.69) is 0 Å². The summed E-state index contributed by atoms with van der Waals surface area (Å²) in [4.78, 5) is 0. The number of methoxy groups -OCH3 is 1. The molecule has 0 spiro atoms. The first-order chi connectivity index (χ1) is 5.81. The van der Waals surface area contributed by atoms with E-state index in [1.807, 2.05) is 23.6 Å². The van der Waals surface area contributed by atoms with Crippen LogP contribution in [0.2, 0.25) is 5.02 Å². The minimum atomic E-state index is 0.770. The van der Waals surface area contributed by atoms with E-state index >= 15 is 0 Å². The summed E-state index contributed by atoms with van der Waals surface area (Å²) in [5.74, 6) is 0.923. The quantitative estimate of drug-likeness (QED) is 0.681. The monoisotopic (exact) mass is 198 g/mol. The molecule has 0 bridgehead atoms. The normalized spacial score (nSPS) is 10.5. The Kier molecular flexibility index (Phi) is 1.95. The molecule has 0 aliphatic carbocycles. The van der Waals surface area contributed by atoms with Crippen LogP contribution in [-0.4, -0.2) is 7.11 Å². The third kappa shape index (κ3) is 1.17. The van der Waals surface area contributed by atoms with Crippen molar-refractivity contribution in [1.82, 2.24) is 0 Å². The van der Waals surface area contributed by atoms with Crippen molar-refractivity contribution in [1.29, 1.82) is 0 Å². The van der Waals surface area contributed by atoms with Gasteiger partial charge in [-0.2, -0.15) is 0 Å². The summed E-state index contributed by atoms with van der Waals surface area (Å²) >= 11 is 7.48. The molecule has 2 aromatic rings. The van der Waals surface area contributed by atoms with Crippen LogP contribution >= 0.6 is 22.9 Å². The van der Waals surface area contributed by atoms with Crippen LogP contribution in [-0.2, 0) is 0 Å². The molecule has 12 heavy (non-hydrogen) atoms. The highest BCUT2D eigenvalue weighted by Gasteiger charge is 2.03. The Balaban J connectivity index is 2.73. The second-order valence-corrected chi connectivity index (χ2v) is 3.79. The Hall–Kier alpha value is -0.730. The number of benzene rings is 1. The average molecular weight is 199 g/mol. The van der Waals surface area contributed by atoms with Gasteiger partial charge in [0.25, 0.3) is 0 Å². The van der Waals surface area contributed by atoms with E-state index in [1.165, 1.54) is 4.70 Å². The fourth-order valence-corrected chi connectivity index (χ4v) is 2.32. The molecule has 1 aromatic carbocycles. The van der Waals surface area contributed by atoms with E-state index in [0.717, 1.165) is 16.2 Å². The van der Waals surface area contributed by atoms with Crippen LogP contribution in [0.15, 0.2) is 23.6 Å². The molecule has 3 heteroatoms. The molecular weight excluding hydrogens is 192 g/mol. The Morgan fingerprint density at radius 2 is 2.25 bits per heavy atom. The lowest BCUT2D eigenvalue weighted by Gasteiger charge is -1.95. The Bertz CT molecular complexity index is 408. The summed E-state index contributed by atoms with van der Waals surface area (Å²) in [6.07, 6.45) is 0. The van der Waals surface area contributed by atoms with E-state index in [9.17, 15) is 0 Å². The van der Waals surface area contributed by atoms with Gasteiger partial charge in [-0.05, 0) is 18.2 Å². The van der Waals surface area contributed by atoms with E-state index in [1.54, 1.807) is 18.4 Å². The standard InChI is InChI=1S/C9H7ClOS/c1-11-8-5-12-9-4-6(10)2-3-7(8)9/h2-5H,1H3. The predicted molar refractivity (Wildman–Crippen MR) is 53.4 cm³/mol. The van der Waals surface area contributed by atoms with E-state index < -0.39 is 0 Å². The maximum atomic E-state index is 5.84. The highest BCUT2D eigenvalue weighted by atomic mass is 35.5. The van der Waals surface area contributed by atoms with Crippen LogP contribution in [0.1, 0.15) is 0 Å². The largest absolute Gasteiger partial charge is 0.495 e. The van der Waals surface area contributed by atoms with E-state index in [4.69, 9.17) is 16.3 Å². The summed E-state index contributed by atoms with van der Waals surface area (Å²) in [7, 11) is 1.68. The van der Waals surface area contributed by atoms with Crippen molar-refractivity contribution in [3.05, 3.63) is 28.6 Å². The molecule has 0 saturated carbocycles. The van der Waals surface area contributed by atoms with Gasteiger partial charge < -0.3 is 4.74 Å². The maximum absolute atomic E-state index is 5.84. The number of thiophene rings is 1. The fourth-order valence-electron chi connectivity index (χ4n) is 1.14. The first-order valence-electron chi connectivity index (χ1n) is 3.52. The summed E-state index contributed by atoms with van der Waals surface area (Å²) in [6.45, 7) is 0. The number of hydrogen-bond donors (Lipinski definition) is 0. The molecule has 0 aliphatic heterocycles. The van der Waals surface area contributed by atoms with Gasteiger partial charge >= 0.3 is 0 Å². The number of hydrogen-bond acceptors (Lipinski definition) is 2. The van der Waals surface area contributed by atoms with Gasteiger partial charge in [0.05, 0.1) is 7.11 Å². The molecule has 0 aliphatic rings. The van der Waals surface area contributed by atoms with Crippen molar-refractivity contribution in [2.45, 2.75) is 0 Å². The van der Waals surface area contributed by atoms with Gasteiger partial charge in [0.2, 0.25) is 0 Å². The van der Waals surface area contributed by atoms with Gasteiger partial charge in [-0.15, -0.1) is 11.3 Å². The van der Waals surface area contributed by atoms with Gasteiger partial charge in [-0.1, -0.05) is 11.6 Å². The molecule has 0 radical (unpaired) electrons. The first-order valence-corrected chi connectivity index (χ1v) is 4.78. The lowest BCUT2D eigenvalue weighted by atomic mass is 10.2. The second-order valence-electron chi connectivity index (χ2n) is 2.44. The molecule has 1 aromatic heterocycles. The lowest BCUT2D eigenvalue weighted by Crippen LogP contribution is -1.78. The van der Waals surface area contributed by atoms with Gasteiger partial charge in [0.1, 0.15) is 5.75 Å². The Labute approximate surface area is 79.5 Å². The molecule has 0 amide bonds. The van der Waals surface area contributed by atoms with Crippen LogP contribution in [0, 0.1) is 0 Å². The summed E-state index contributed by atoms with van der Waals surface area (Å²) in [5, 5.41) is 3.89. The SMILES string of the molecule is COc1csc2cc(Cl)ccc12. The molecule has 1 nitrogen and oxygen atoms in total. The van der Waals surface area contributed by atoms with Crippen molar-refractivity contribution in [2.24, 2.45) is 0 Å². The van der Waals surface area contributed by atoms with Crippen molar-refractivity contribution < 1.29 is 4.74 Å². The average Bonchev–Trinajstić information content (AvgIpc) is 2.46. The molecule has 0 saturated heterocycles. The second kappa shape index (κ2) is 2.96. The molecule has 1 heterocycles. The van der Waals surface area contributed by atoms with Crippen LogP contribution in [0.3, 0.4) is 0 Å². The minimum Gasteiger partial charge on any atom is -0.495 e. The third-order valence-corrected chi connectivity index (χ3v) is 2.88. The van der Waals surface area contributed by atoms with E-state index in [0.29, 0.717) is 0 Å². The number of halogens is 1. The Morgan fingerprint density at radius 3 is 3.00 bits per heavy atom. The number of ether oxygens (including phenoxy) is 1. The zero-order valence-corrected chi connectivity index (χ0v) is 8.08. The number of rotatable bonds is 1. The third-order valence-electron chi connectivity index (χ3n) is 1.72. The first kappa shape index (κ1) is 7.90. The van der Waals surface area contributed by atoms with Crippen molar-refractivity contribution in [3.63, 3.8) is 0 Å². The van der Waals surface area contributed by atoms with Crippen molar-refractivity contribution in [3.8, 4) is 5.75 Å². The molecular formula is C9H7ClOS. The smallest absolute Gasteiger partial charge is 0.137 e. The molecule has 0 unspecified atom stereocenters. The van der Waals surface area contributed by atoms with Crippen LogP contribution < -0.4 is 4.74 Å². The maximum Gasteiger partial charge on any atom is 0.137 e. The topological polar surface area (TPSA) is 9.23 Å². The molecule has 0 fully saturated rings. The molecule has 2 rings (SSSR count). The minimum absolute atomic E-state index is 0.770. The van der Waals surface area contributed by atoms with Crippen molar-refractivity contribution >= 4 is 33.0 Å².